The number of hydrogen-bond donors (Lipinski definition) is 1. The van der Waals surface area contributed by atoms with E-state index >= 15 is 0 Å². The van der Waals surface area contributed by atoms with E-state index in [9.17, 15) is 0 Å². The molecule has 0 unspecified atom stereocenters. The van der Waals surface area contributed by atoms with Gasteiger partial charge in [-0.1, -0.05) is 41.7 Å². The van der Waals surface area contributed by atoms with Gasteiger partial charge in [-0.05, 0) is 19.4 Å². The Bertz CT molecular complexity index is 122. The van der Waals surface area contributed by atoms with Crippen molar-refractivity contribution in [3.63, 3.8) is 0 Å². The van der Waals surface area contributed by atoms with Crippen LogP contribution in [0.1, 0.15) is 19.8 Å². The van der Waals surface area contributed by atoms with Crippen LogP contribution < -0.4 is 5.32 Å². The van der Waals surface area contributed by atoms with Gasteiger partial charge in [0.05, 0.1) is 0 Å². The van der Waals surface area contributed by atoms with Gasteiger partial charge in [0.15, 0.2) is 0 Å². The predicted molar refractivity (Wildman–Crippen MR) is 53.6 cm³/mol. The second-order valence-corrected chi connectivity index (χ2v) is 4.24. The second kappa shape index (κ2) is 4.34. The van der Waals surface area contributed by atoms with E-state index in [0.717, 1.165) is 10.5 Å². The Morgan fingerprint density at radius 2 is 2.30 bits per heavy atom. The van der Waals surface area contributed by atoms with Crippen LogP contribution >= 0.6 is 22.6 Å². The normalized spacial score (nSPS) is 32.6. The second-order valence-electron chi connectivity index (χ2n) is 2.64. The highest BCUT2D eigenvalue weighted by atomic mass is 127. The minimum Gasteiger partial charge on any atom is -0.311 e. The zero-order chi connectivity index (χ0) is 7.40. The monoisotopic (exact) mass is 251 g/mol. The number of allylic oxidation sites excluding steroid dienone is 1. The zero-order valence-corrected chi connectivity index (χ0v) is 8.47. The fourth-order valence-electron chi connectivity index (χ4n) is 1.22. The maximum Gasteiger partial charge on any atom is 0.0290 e. The van der Waals surface area contributed by atoms with E-state index in [1.54, 1.807) is 0 Å². The number of hydrogen-bond acceptors (Lipinski definition) is 1. The van der Waals surface area contributed by atoms with Gasteiger partial charge < -0.3 is 5.32 Å². The number of rotatable bonds is 2. The van der Waals surface area contributed by atoms with Crippen LogP contribution in [-0.2, 0) is 0 Å². The summed E-state index contributed by atoms with van der Waals surface area (Å²) >= 11 is 2.48. The Balaban J connectivity index is 2.30. The molecule has 58 valence electrons. The molecule has 0 aromatic carbocycles. The third kappa shape index (κ3) is 2.58. The lowest BCUT2D eigenvalue weighted by molar-refractivity contribution is 0.545. The summed E-state index contributed by atoms with van der Waals surface area (Å²) in [4.78, 5) is 0. The Labute approximate surface area is 76.4 Å². The van der Waals surface area contributed by atoms with Gasteiger partial charge in [-0.25, -0.2) is 0 Å². The van der Waals surface area contributed by atoms with E-state index in [1.165, 1.54) is 12.8 Å². The molecule has 0 spiro atoms. The summed E-state index contributed by atoms with van der Waals surface area (Å²) in [5.74, 6) is 0. The van der Waals surface area contributed by atoms with Gasteiger partial charge in [-0.2, -0.15) is 0 Å². The molecule has 0 fully saturated rings. The van der Waals surface area contributed by atoms with Crippen LogP contribution in [0.4, 0.5) is 0 Å². The first-order valence-electron chi connectivity index (χ1n) is 3.88. The largest absolute Gasteiger partial charge is 0.311 e. The number of halogens is 1. The van der Waals surface area contributed by atoms with Crippen LogP contribution in [0.25, 0.3) is 0 Å². The van der Waals surface area contributed by atoms with Crippen molar-refractivity contribution in [1.82, 2.24) is 5.32 Å². The van der Waals surface area contributed by atoms with Crippen molar-refractivity contribution >= 4 is 22.6 Å². The van der Waals surface area contributed by atoms with Crippen molar-refractivity contribution < 1.29 is 0 Å². The van der Waals surface area contributed by atoms with Crippen LogP contribution in [0.15, 0.2) is 12.2 Å². The van der Waals surface area contributed by atoms with E-state index in [-0.39, 0.29) is 0 Å². The smallest absolute Gasteiger partial charge is 0.0290 e. The minimum atomic E-state index is 0.649. The van der Waals surface area contributed by atoms with Gasteiger partial charge >= 0.3 is 0 Å². The quantitative estimate of drug-likeness (QED) is 0.450. The first-order chi connectivity index (χ1) is 4.83. The highest BCUT2D eigenvalue weighted by molar-refractivity contribution is 14.1. The molecule has 1 nitrogen and oxygen atoms in total. The van der Waals surface area contributed by atoms with Crippen LogP contribution in [0, 0.1) is 0 Å². The molecular weight excluding hydrogens is 237 g/mol. The van der Waals surface area contributed by atoms with Crippen LogP contribution in [-0.4, -0.2) is 16.5 Å². The fourth-order valence-corrected chi connectivity index (χ4v) is 1.82. The lowest BCUT2D eigenvalue weighted by atomic mass is 10.0. The molecule has 1 rings (SSSR count). The summed E-state index contributed by atoms with van der Waals surface area (Å²) in [6.07, 6.45) is 7.23. The van der Waals surface area contributed by atoms with Crippen LogP contribution in [0.2, 0.25) is 0 Å². The Hall–Kier alpha value is 0.430. The van der Waals surface area contributed by atoms with Crippen molar-refractivity contribution in [1.29, 1.82) is 0 Å². The average Bonchev–Trinajstić information content (AvgIpc) is 1.95. The summed E-state index contributed by atoms with van der Waals surface area (Å²) in [5, 5.41) is 3.41. The third-order valence-corrected chi connectivity index (χ3v) is 2.81. The summed E-state index contributed by atoms with van der Waals surface area (Å²) in [6.45, 7) is 3.24. The van der Waals surface area contributed by atoms with E-state index in [0.29, 0.717) is 6.04 Å². The maximum absolute atomic E-state index is 3.41. The molecule has 0 aromatic heterocycles. The SMILES string of the molecule is CCN[C@@H]1C=C[C@H](I)CC1. The number of alkyl halides is 1. The van der Waals surface area contributed by atoms with Crippen LogP contribution in [0.3, 0.4) is 0 Å². The molecule has 2 atom stereocenters. The van der Waals surface area contributed by atoms with Crippen molar-refractivity contribution in [2.75, 3.05) is 6.54 Å². The van der Waals surface area contributed by atoms with Crippen LogP contribution in [0.5, 0.6) is 0 Å². The molecule has 0 bridgehead atoms. The van der Waals surface area contributed by atoms with Gasteiger partial charge in [0.25, 0.3) is 0 Å². The molecule has 0 radical (unpaired) electrons. The molecule has 1 aliphatic rings. The number of likely N-dealkylation sites (N-methyl/N-ethyl adjacent to an activating group) is 1. The van der Waals surface area contributed by atoms with Gasteiger partial charge in [0.1, 0.15) is 0 Å². The fraction of sp³-hybridized carbons (Fsp3) is 0.750. The predicted octanol–water partition coefficient (Wildman–Crippen LogP) is 2.12. The lowest BCUT2D eigenvalue weighted by Gasteiger charge is -2.19. The standard InChI is InChI=1S/C8H14IN/c1-2-10-8-5-3-7(9)4-6-8/h3,5,7-8,10H,2,4,6H2,1H3/t7-,8+/m0/s1. The molecule has 0 saturated heterocycles. The van der Waals surface area contributed by atoms with Crippen molar-refractivity contribution in [3.05, 3.63) is 12.2 Å². The number of nitrogens with one attached hydrogen (secondary N) is 1. The summed E-state index contributed by atoms with van der Waals surface area (Å²) < 4.78 is 0.771. The van der Waals surface area contributed by atoms with Gasteiger partial charge in [0, 0.05) is 9.97 Å². The molecule has 1 aliphatic carbocycles. The average molecular weight is 251 g/mol. The van der Waals surface area contributed by atoms with E-state index in [1.807, 2.05) is 0 Å². The molecule has 0 aliphatic heterocycles. The summed E-state index contributed by atoms with van der Waals surface area (Å²) in [7, 11) is 0. The Kier molecular flexibility index (Phi) is 3.70. The minimum absolute atomic E-state index is 0.649. The van der Waals surface area contributed by atoms with E-state index in [2.05, 4.69) is 47.0 Å². The first kappa shape index (κ1) is 8.53. The van der Waals surface area contributed by atoms with E-state index < -0.39 is 0 Å². The van der Waals surface area contributed by atoms with Gasteiger partial charge in [-0.3, -0.25) is 0 Å². The molecule has 0 saturated carbocycles. The van der Waals surface area contributed by atoms with Gasteiger partial charge in [-0.15, -0.1) is 0 Å². The lowest BCUT2D eigenvalue weighted by Crippen LogP contribution is -2.29. The van der Waals surface area contributed by atoms with Crippen molar-refractivity contribution in [2.24, 2.45) is 0 Å². The van der Waals surface area contributed by atoms with E-state index in [4.69, 9.17) is 0 Å². The first-order valence-corrected chi connectivity index (χ1v) is 5.13. The summed E-state index contributed by atoms with van der Waals surface area (Å²) in [5.41, 5.74) is 0. The molecule has 0 aromatic rings. The molecular formula is C8H14IN. The molecule has 2 heteroatoms. The third-order valence-electron chi connectivity index (χ3n) is 1.77. The Morgan fingerprint density at radius 1 is 1.50 bits per heavy atom. The topological polar surface area (TPSA) is 12.0 Å². The van der Waals surface area contributed by atoms with Gasteiger partial charge in [0.2, 0.25) is 0 Å². The molecule has 0 amide bonds. The zero-order valence-electron chi connectivity index (χ0n) is 6.31. The highest BCUT2D eigenvalue weighted by Crippen LogP contribution is 2.17. The molecule has 1 N–H and O–H groups in total. The summed E-state index contributed by atoms with van der Waals surface area (Å²) in [6, 6.07) is 0.649. The molecule has 0 heterocycles. The van der Waals surface area contributed by atoms with Crippen molar-refractivity contribution in [2.45, 2.75) is 29.7 Å². The maximum atomic E-state index is 3.41. The van der Waals surface area contributed by atoms with Crippen molar-refractivity contribution in [3.8, 4) is 0 Å². The Morgan fingerprint density at radius 3 is 2.80 bits per heavy atom. The molecule has 10 heavy (non-hydrogen) atoms. The highest BCUT2D eigenvalue weighted by Gasteiger charge is 2.11.